The van der Waals surface area contributed by atoms with Gasteiger partial charge in [-0.05, 0) is 40.7 Å². The van der Waals surface area contributed by atoms with Crippen LogP contribution in [0, 0.1) is 0 Å². The van der Waals surface area contributed by atoms with E-state index in [0.717, 1.165) is 16.7 Å². The zero-order valence-electron chi connectivity index (χ0n) is 20.3. The van der Waals surface area contributed by atoms with E-state index in [1.165, 1.54) is 0 Å². The van der Waals surface area contributed by atoms with Crippen LogP contribution in [0.5, 0.6) is 5.75 Å². The number of ether oxygens (including phenoxy) is 2. The van der Waals surface area contributed by atoms with Gasteiger partial charge in [-0.15, -0.1) is 0 Å². The van der Waals surface area contributed by atoms with E-state index in [-0.39, 0.29) is 23.4 Å². The number of allylic oxidation sites excluding steroid dienone is 4. The summed E-state index contributed by atoms with van der Waals surface area (Å²) < 4.78 is 12.0. The molecule has 4 nitrogen and oxygen atoms in total. The molecular weight excluding hydrogens is 448 g/mol. The van der Waals surface area contributed by atoms with Crippen LogP contribution in [-0.2, 0) is 14.3 Å². The van der Waals surface area contributed by atoms with E-state index in [1.807, 2.05) is 60.7 Å². The van der Waals surface area contributed by atoms with E-state index >= 15 is 0 Å². The number of hydrogen-bond donors (Lipinski definition) is 0. The second-order valence-electron chi connectivity index (χ2n) is 9.86. The zero-order valence-corrected chi connectivity index (χ0v) is 20.3. The largest absolute Gasteiger partial charge is 0.497 e. The van der Waals surface area contributed by atoms with Crippen molar-refractivity contribution in [3.8, 4) is 5.75 Å². The van der Waals surface area contributed by atoms with Crippen LogP contribution in [0.1, 0.15) is 60.1 Å². The smallest absolute Gasteiger partial charge is 0.163 e. The van der Waals surface area contributed by atoms with Crippen molar-refractivity contribution in [1.29, 1.82) is 0 Å². The number of hydrogen-bond acceptors (Lipinski definition) is 4. The summed E-state index contributed by atoms with van der Waals surface area (Å²) >= 11 is 0. The summed E-state index contributed by atoms with van der Waals surface area (Å²) in [5.41, 5.74) is 4.46. The maximum absolute atomic E-state index is 13.7. The fraction of sp³-hybridized carbons (Fsp3) is 0.250. The fourth-order valence-electron chi connectivity index (χ4n) is 6.00. The van der Waals surface area contributed by atoms with Crippen molar-refractivity contribution in [3.63, 3.8) is 0 Å². The predicted octanol–water partition coefficient (Wildman–Crippen LogP) is 6.61. The molecule has 36 heavy (non-hydrogen) atoms. The van der Waals surface area contributed by atoms with E-state index in [9.17, 15) is 9.59 Å². The zero-order chi connectivity index (χ0) is 24.6. The molecule has 180 valence electrons. The molecular formula is C32H28O4. The first-order chi connectivity index (χ1) is 17.6. The fourth-order valence-corrected chi connectivity index (χ4v) is 6.00. The molecule has 0 fully saturated rings. The van der Waals surface area contributed by atoms with E-state index < -0.39 is 5.92 Å². The number of carbonyl (C=O) groups is 2. The van der Waals surface area contributed by atoms with Gasteiger partial charge in [0.1, 0.15) is 17.3 Å². The number of methoxy groups -OCH3 is 1. The van der Waals surface area contributed by atoms with Gasteiger partial charge < -0.3 is 9.47 Å². The van der Waals surface area contributed by atoms with E-state index in [2.05, 4.69) is 24.3 Å². The standard InChI is InChI=1S/C32H28O4/c1-35-25-14-8-13-22(15-25)30-31-26(33)16-23(20-9-4-2-5-10-20)18-28(31)36-29-19-24(17-27(34)32(29)30)21-11-6-3-7-12-21/h2-15,23-24,30H,16-19H2,1H3. The molecule has 4 heteroatoms. The molecule has 1 aliphatic heterocycles. The Bertz CT molecular complexity index is 1300. The quantitative estimate of drug-likeness (QED) is 0.425. The van der Waals surface area contributed by atoms with Crippen molar-refractivity contribution in [3.05, 3.63) is 124 Å². The summed E-state index contributed by atoms with van der Waals surface area (Å²) in [6.45, 7) is 0. The highest BCUT2D eigenvalue weighted by atomic mass is 16.5. The van der Waals surface area contributed by atoms with Crippen LogP contribution >= 0.6 is 0 Å². The molecule has 3 aromatic rings. The average molecular weight is 477 g/mol. The molecule has 6 rings (SSSR count). The van der Waals surface area contributed by atoms with Crippen LogP contribution in [0.3, 0.4) is 0 Å². The SMILES string of the molecule is COc1cccc(C2C3=C(CC(c4ccccc4)CC3=O)OC3=C2C(=O)CC(c2ccccc2)C3)c1. The van der Waals surface area contributed by atoms with Crippen LogP contribution in [0.15, 0.2) is 108 Å². The first-order valence-corrected chi connectivity index (χ1v) is 12.6. The number of carbonyl (C=O) groups excluding carboxylic acids is 2. The summed E-state index contributed by atoms with van der Waals surface area (Å²) in [4.78, 5) is 27.4. The lowest BCUT2D eigenvalue weighted by atomic mass is 9.69. The molecule has 2 atom stereocenters. The molecule has 0 saturated carbocycles. The highest BCUT2D eigenvalue weighted by Crippen LogP contribution is 2.52. The van der Waals surface area contributed by atoms with Crippen LogP contribution in [0.25, 0.3) is 0 Å². The Hall–Kier alpha value is -3.92. The lowest BCUT2D eigenvalue weighted by Gasteiger charge is -2.39. The predicted molar refractivity (Wildman–Crippen MR) is 138 cm³/mol. The van der Waals surface area contributed by atoms with Gasteiger partial charge in [0.05, 0.1) is 7.11 Å². The first kappa shape index (κ1) is 22.5. The Balaban J connectivity index is 1.45. The third-order valence-electron chi connectivity index (χ3n) is 7.72. The average Bonchev–Trinajstić information content (AvgIpc) is 2.92. The van der Waals surface area contributed by atoms with E-state index in [4.69, 9.17) is 9.47 Å². The molecule has 2 unspecified atom stereocenters. The molecule has 3 aromatic carbocycles. The normalized spacial score (nSPS) is 23.6. The summed E-state index contributed by atoms with van der Waals surface area (Å²) in [5, 5.41) is 0. The van der Waals surface area contributed by atoms with Crippen LogP contribution in [0.4, 0.5) is 0 Å². The minimum Gasteiger partial charge on any atom is -0.497 e. The highest BCUT2D eigenvalue weighted by molar-refractivity contribution is 6.06. The molecule has 0 spiro atoms. The molecule has 0 bridgehead atoms. The molecule has 1 heterocycles. The minimum absolute atomic E-state index is 0.0578. The molecule has 0 aromatic heterocycles. The Morgan fingerprint density at radius 3 is 1.64 bits per heavy atom. The van der Waals surface area contributed by atoms with Gasteiger partial charge in [-0.1, -0.05) is 72.8 Å². The Morgan fingerprint density at radius 1 is 0.639 bits per heavy atom. The van der Waals surface area contributed by atoms with Gasteiger partial charge in [0.15, 0.2) is 11.6 Å². The molecule has 3 aliphatic rings. The van der Waals surface area contributed by atoms with Crippen molar-refractivity contribution in [2.75, 3.05) is 7.11 Å². The second kappa shape index (κ2) is 9.27. The summed E-state index contributed by atoms with van der Waals surface area (Å²) in [5.74, 6) is 1.96. The Labute approximate surface area is 211 Å². The molecule has 0 amide bonds. The van der Waals surface area contributed by atoms with Crippen molar-refractivity contribution >= 4 is 11.6 Å². The maximum atomic E-state index is 13.7. The number of rotatable bonds is 4. The third kappa shape index (κ3) is 3.97. The van der Waals surface area contributed by atoms with Gasteiger partial charge in [-0.3, -0.25) is 9.59 Å². The van der Waals surface area contributed by atoms with Crippen molar-refractivity contribution < 1.29 is 19.1 Å². The monoisotopic (exact) mass is 476 g/mol. The summed E-state index contributed by atoms with van der Waals surface area (Å²) in [6.07, 6.45) is 2.12. The molecule has 0 N–H and O–H groups in total. The van der Waals surface area contributed by atoms with Gasteiger partial charge in [0.2, 0.25) is 0 Å². The maximum Gasteiger partial charge on any atom is 0.163 e. The third-order valence-corrected chi connectivity index (χ3v) is 7.72. The van der Waals surface area contributed by atoms with E-state index in [0.29, 0.717) is 54.1 Å². The lowest BCUT2D eigenvalue weighted by Crippen LogP contribution is -2.33. The number of ketones is 2. The van der Waals surface area contributed by atoms with E-state index in [1.54, 1.807) is 7.11 Å². The minimum atomic E-state index is -0.424. The Kier molecular flexibility index (Phi) is 5.80. The van der Waals surface area contributed by atoms with Crippen LogP contribution in [0.2, 0.25) is 0 Å². The van der Waals surface area contributed by atoms with Gasteiger partial charge in [0, 0.05) is 42.7 Å². The molecule has 2 aliphatic carbocycles. The first-order valence-electron chi connectivity index (χ1n) is 12.6. The van der Waals surface area contributed by atoms with Gasteiger partial charge in [0.25, 0.3) is 0 Å². The Morgan fingerprint density at radius 2 is 1.14 bits per heavy atom. The lowest BCUT2D eigenvalue weighted by molar-refractivity contribution is -0.118. The topological polar surface area (TPSA) is 52.6 Å². The summed E-state index contributed by atoms with van der Waals surface area (Å²) in [7, 11) is 1.63. The number of Topliss-reactive ketones (excluding diaryl/α,β-unsaturated/α-hetero) is 2. The van der Waals surface area contributed by atoms with Crippen LogP contribution in [-0.4, -0.2) is 18.7 Å². The van der Waals surface area contributed by atoms with Gasteiger partial charge in [-0.2, -0.15) is 0 Å². The van der Waals surface area contributed by atoms with Crippen LogP contribution < -0.4 is 4.74 Å². The summed E-state index contributed by atoms with van der Waals surface area (Å²) in [6, 6.07) is 28.1. The van der Waals surface area contributed by atoms with Crippen molar-refractivity contribution in [1.82, 2.24) is 0 Å². The van der Waals surface area contributed by atoms with Gasteiger partial charge in [-0.25, -0.2) is 0 Å². The van der Waals surface area contributed by atoms with Gasteiger partial charge >= 0.3 is 0 Å². The number of benzene rings is 3. The highest BCUT2D eigenvalue weighted by Gasteiger charge is 2.45. The second-order valence-corrected chi connectivity index (χ2v) is 9.86. The van der Waals surface area contributed by atoms with Crippen molar-refractivity contribution in [2.45, 2.75) is 43.4 Å². The molecule has 0 radical (unpaired) electrons. The van der Waals surface area contributed by atoms with Crippen molar-refractivity contribution in [2.24, 2.45) is 0 Å². The molecule has 0 saturated heterocycles.